The van der Waals surface area contributed by atoms with Gasteiger partial charge in [-0.3, -0.25) is 4.79 Å². The van der Waals surface area contributed by atoms with Gasteiger partial charge in [-0.05, 0) is 61.6 Å². The van der Waals surface area contributed by atoms with E-state index in [-0.39, 0.29) is 11.5 Å². The monoisotopic (exact) mass is 381 g/mol. The number of nitriles is 1. The van der Waals surface area contributed by atoms with Gasteiger partial charge in [-0.1, -0.05) is 18.7 Å². The van der Waals surface area contributed by atoms with Crippen molar-refractivity contribution in [2.24, 2.45) is 0 Å². The summed E-state index contributed by atoms with van der Waals surface area (Å²) < 4.78 is 0. The van der Waals surface area contributed by atoms with Gasteiger partial charge in [0, 0.05) is 11.4 Å². The Bertz CT molecular complexity index is 919. The van der Waals surface area contributed by atoms with E-state index in [4.69, 9.17) is 5.11 Å². The summed E-state index contributed by atoms with van der Waals surface area (Å²) in [5, 5.41) is 21.4. The van der Waals surface area contributed by atoms with Crippen molar-refractivity contribution in [2.75, 3.05) is 5.32 Å². The van der Waals surface area contributed by atoms with Gasteiger partial charge in [0.1, 0.15) is 11.1 Å². The molecule has 1 aromatic heterocycles. The Hall–Kier alpha value is -2.85. The first kappa shape index (κ1) is 18.9. The van der Waals surface area contributed by atoms with E-state index in [9.17, 15) is 14.9 Å². The van der Waals surface area contributed by atoms with E-state index in [1.54, 1.807) is 12.1 Å². The highest BCUT2D eigenvalue weighted by Gasteiger charge is 2.23. The molecular formula is C20H19N3O3S. The third kappa shape index (κ3) is 4.29. The molecule has 2 N–H and O–H groups in total. The molecule has 7 heteroatoms. The number of benzene rings is 1. The molecule has 0 radical (unpaired) electrons. The van der Waals surface area contributed by atoms with Gasteiger partial charge in [-0.2, -0.15) is 5.26 Å². The van der Waals surface area contributed by atoms with Crippen LogP contribution in [0.1, 0.15) is 46.9 Å². The van der Waals surface area contributed by atoms with E-state index in [2.05, 4.69) is 16.4 Å². The molecular weight excluding hydrogens is 362 g/mol. The van der Waals surface area contributed by atoms with Crippen LogP contribution in [0.15, 0.2) is 35.4 Å². The van der Waals surface area contributed by atoms with Gasteiger partial charge in [0.15, 0.2) is 0 Å². The van der Waals surface area contributed by atoms with Gasteiger partial charge in [0.05, 0.1) is 16.4 Å². The molecule has 1 atom stereocenters. The van der Waals surface area contributed by atoms with Crippen molar-refractivity contribution in [1.29, 1.82) is 5.26 Å². The first-order chi connectivity index (χ1) is 13.0. The van der Waals surface area contributed by atoms with Gasteiger partial charge in [0.2, 0.25) is 5.91 Å². The maximum absolute atomic E-state index is 12.6. The van der Waals surface area contributed by atoms with Crippen LogP contribution in [0.2, 0.25) is 0 Å². The Morgan fingerprint density at radius 1 is 1.33 bits per heavy atom. The predicted octanol–water partition coefficient (Wildman–Crippen LogP) is 3.65. The standard InChI is InChI=1S/C20H19N3O3S/c1-2-17(18(24)22-15-8-6-12(7-9-15)20(25)26)27-19-14(11-21)10-13-4-3-5-16(13)23-19/h6-10,17H,2-5H2,1H3,(H,22,24)(H,25,26). The summed E-state index contributed by atoms with van der Waals surface area (Å²) in [6, 6.07) is 10.1. The minimum atomic E-state index is -1.01. The number of aromatic carboxylic acids is 1. The fraction of sp³-hybridized carbons (Fsp3) is 0.300. The lowest BCUT2D eigenvalue weighted by Crippen LogP contribution is -2.25. The summed E-state index contributed by atoms with van der Waals surface area (Å²) in [5.74, 6) is -1.21. The number of rotatable bonds is 6. The number of carbonyl (C=O) groups excluding carboxylic acids is 1. The highest BCUT2D eigenvalue weighted by molar-refractivity contribution is 8.00. The summed E-state index contributed by atoms with van der Waals surface area (Å²) in [5.41, 5.74) is 3.36. The van der Waals surface area contributed by atoms with Crippen LogP contribution in [0.4, 0.5) is 5.69 Å². The van der Waals surface area contributed by atoms with Crippen LogP contribution in [0.5, 0.6) is 0 Å². The number of fused-ring (bicyclic) bond motifs is 1. The molecule has 1 amide bonds. The lowest BCUT2D eigenvalue weighted by Gasteiger charge is -2.16. The third-order valence-corrected chi connectivity index (χ3v) is 5.82. The fourth-order valence-corrected chi connectivity index (χ4v) is 4.00. The van der Waals surface area contributed by atoms with Crippen LogP contribution in [0.25, 0.3) is 0 Å². The maximum Gasteiger partial charge on any atom is 0.335 e. The molecule has 0 spiro atoms. The molecule has 0 saturated carbocycles. The summed E-state index contributed by atoms with van der Waals surface area (Å²) in [7, 11) is 0. The molecule has 6 nitrogen and oxygen atoms in total. The topological polar surface area (TPSA) is 103 Å². The van der Waals surface area contributed by atoms with Crippen LogP contribution in [-0.4, -0.2) is 27.2 Å². The van der Waals surface area contributed by atoms with E-state index in [1.165, 1.54) is 23.9 Å². The number of carboxylic acid groups (broad SMARTS) is 1. The average Bonchev–Trinajstić information content (AvgIpc) is 3.12. The third-order valence-electron chi connectivity index (χ3n) is 4.45. The number of carbonyl (C=O) groups is 2. The Morgan fingerprint density at radius 3 is 2.70 bits per heavy atom. The van der Waals surface area contributed by atoms with Crippen LogP contribution < -0.4 is 5.32 Å². The number of amides is 1. The zero-order valence-corrected chi connectivity index (χ0v) is 15.7. The molecule has 0 saturated heterocycles. The average molecular weight is 381 g/mol. The Labute approximate surface area is 161 Å². The molecule has 27 heavy (non-hydrogen) atoms. The van der Waals surface area contributed by atoms with Crippen molar-refractivity contribution < 1.29 is 14.7 Å². The molecule has 1 unspecified atom stereocenters. The number of hydrogen-bond acceptors (Lipinski definition) is 5. The quantitative estimate of drug-likeness (QED) is 0.741. The number of aryl methyl sites for hydroxylation is 2. The minimum Gasteiger partial charge on any atom is -0.478 e. The number of aromatic nitrogens is 1. The number of carboxylic acids is 1. The lowest BCUT2D eigenvalue weighted by molar-refractivity contribution is -0.115. The smallest absolute Gasteiger partial charge is 0.335 e. The summed E-state index contributed by atoms with van der Waals surface area (Å²) in [6.07, 6.45) is 3.48. The van der Waals surface area contributed by atoms with Crippen molar-refractivity contribution in [3.05, 3.63) is 52.7 Å². The van der Waals surface area contributed by atoms with E-state index in [1.807, 2.05) is 13.0 Å². The van der Waals surface area contributed by atoms with Crippen LogP contribution in [0, 0.1) is 11.3 Å². The predicted molar refractivity (Wildman–Crippen MR) is 103 cm³/mol. The normalized spacial score (nSPS) is 13.5. The molecule has 1 aliphatic rings. The van der Waals surface area contributed by atoms with Gasteiger partial charge in [0.25, 0.3) is 0 Å². The van der Waals surface area contributed by atoms with Crippen molar-refractivity contribution in [3.8, 4) is 6.07 Å². The second-order valence-electron chi connectivity index (χ2n) is 6.30. The van der Waals surface area contributed by atoms with Crippen LogP contribution in [0.3, 0.4) is 0 Å². The molecule has 0 aliphatic heterocycles. The van der Waals surface area contributed by atoms with E-state index in [0.29, 0.717) is 22.7 Å². The number of pyridine rings is 1. The largest absolute Gasteiger partial charge is 0.478 e. The van der Waals surface area contributed by atoms with Crippen molar-refractivity contribution in [2.45, 2.75) is 42.9 Å². The number of thioether (sulfide) groups is 1. The van der Waals surface area contributed by atoms with E-state index >= 15 is 0 Å². The minimum absolute atomic E-state index is 0.162. The zero-order valence-electron chi connectivity index (χ0n) is 14.9. The van der Waals surface area contributed by atoms with E-state index in [0.717, 1.165) is 30.5 Å². The fourth-order valence-electron chi connectivity index (χ4n) is 3.00. The number of hydrogen-bond donors (Lipinski definition) is 2. The molecule has 0 fully saturated rings. The van der Waals surface area contributed by atoms with Crippen LogP contribution in [-0.2, 0) is 17.6 Å². The first-order valence-corrected chi connectivity index (χ1v) is 9.63. The molecule has 1 aliphatic carbocycles. The van der Waals surface area contributed by atoms with Crippen LogP contribution >= 0.6 is 11.8 Å². The second-order valence-corrected chi connectivity index (χ2v) is 7.49. The Balaban J connectivity index is 1.74. The zero-order chi connectivity index (χ0) is 19.4. The highest BCUT2D eigenvalue weighted by Crippen LogP contribution is 2.31. The summed E-state index contributed by atoms with van der Waals surface area (Å²) in [6.45, 7) is 1.91. The molecule has 0 bridgehead atoms. The molecule has 2 aromatic rings. The lowest BCUT2D eigenvalue weighted by atomic mass is 10.2. The highest BCUT2D eigenvalue weighted by atomic mass is 32.2. The van der Waals surface area contributed by atoms with Crippen molar-refractivity contribution in [1.82, 2.24) is 4.98 Å². The second kappa shape index (κ2) is 8.23. The summed E-state index contributed by atoms with van der Waals surface area (Å²) in [4.78, 5) is 28.2. The van der Waals surface area contributed by atoms with Crippen molar-refractivity contribution in [3.63, 3.8) is 0 Å². The maximum atomic E-state index is 12.6. The van der Waals surface area contributed by atoms with Gasteiger partial charge < -0.3 is 10.4 Å². The Morgan fingerprint density at radius 2 is 2.07 bits per heavy atom. The molecule has 1 aromatic carbocycles. The Kier molecular flexibility index (Phi) is 5.77. The van der Waals surface area contributed by atoms with Gasteiger partial charge in [-0.15, -0.1) is 0 Å². The molecule has 3 rings (SSSR count). The van der Waals surface area contributed by atoms with Gasteiger partial charge in [-0.25, -0.2) is 9.78 Å². The number of nitrogens with zero attached hydrogens (tertiary/aromatic N) is 2. The summed E-state index contributed by atoms with van der Waals surface area (Å²) >= 11 is 1.30. The number of nitrogens with one attached hydrogen (secondary N) is 1. The van der Waals surface area contributed by atoms with Crippen molar-refractivity contribution >= 4 is 29.3 Å². The van der Waals surface area contributed by atoms with Gasteiger partial charge >= 0.3 is 5.97 Å². The number of anilines is 1. The SMILES string of the molecule is CCC(Sc1nc2c(cc1C#N)CCC2)C(=O)Nc1ccc(C(=O)O)cc1. The molecule has 1 heterocycles. The molecule has 138 valence electrons. The first-order valence-electron chi connectivity index (χ1n) is 8.75. The van der Waals surface area contributed by atoms with E-state index < -0.39 is 11.2 Å².